The van der Waals surface area contributed by atoms with Gasteiger partial charge in [-0.15, -0.1) is 0 Å². The first-order valence-electron chi connectivity index (χ1n) is 12.9. The van der Waals surface area contributed by atoms with E-state index in [9.17, 15) is 14.4 Å². The number of hydrogen-bond donors (Lipinski definition) is 1. The highest BCUT2D eigenvalue weighted by Gasteiger charge is 2.39. The summed E-state index contributed by atoms with van der Waals surface area (Å²) in [6.07, 6.45) is 0. The molecule has 1 N–H and O–H groups in total. The van der Waals surface area contributed by atoms with Crippen molar-refractivity contribution in [2.45, 2.75) is 19.9 Å². The molecule has 39 heavy (non-hydrogen) atoms. The second kappa shape index (κ2) is 12.7. The number of hydrogen-bond acceptors (Lipinski definition) is 6. The van der Waals surface area contributed by atoms with Crippen molar-refractivity contribution in [3.05, 3.63) is 74.9 Å². The van der Waals surface area contributed by atoms with E-state index in [4.69, 9.17) is 32.7 Å². The highest BCUT2D eigenvalue weighted by atomic mass is 35.5. The number of nitrogens with one attached hydrogen (secondary N) is 1. The van der Waals surface area contributed by atoms with E-state index in [1.165, 1.54) is 0 Å². The second-order valence-corrected chi connectivity index (χ2v) is 9.94. The molecule has 1 atom stereocenters. The minimum atomic E-state index is -0.823. The maximum Gasteiger partial charge on any atom is 0.338 e. The Bertz CT molecular complexity index is 1280. The Hall–Kier alpha value is -3.27. The van der Waals surface area contributed by atoms with Crippen molar-refractivity contribution >= 4 is 41.1 Å². The quantitative estimate of drug-likeness (QED) is 0.471. The van der Waals surface area contributed by atoms with Crippen molar-refractivity contribution < 1.29 is 23.9 Å². The zero-order chi connectivity index (χ0) is 28.1. The van der Waals surface area contributed by atoms with Crippen LogP contribution in [0.5, 0.6) is 5.75 Å². The molecule has 1 saturated heterocycles. The average molecular weight is 575 g/mol. The van der Waals surface area contributed by atoms with Gasteiger partial charge in [0.1, 0.15) is 5.75 Å². The number of rotatable bonds is 8. The summed E-state index contributed by atoms with van der Waals surface area (Å²) in [5.41, 5.74) is 1.95. The number of halogens is 2. The molecule has 2 aliphatic heterocycles. The molecule has 2 aromatic carbocycles. The fraction of sp³-hybridized carbons (Fsp3) is 0.393. The summed E-state index contributed by atoms with van der Waals surface area (Å²) in [6, 6.07) is 11.0. The van der Waals surface area contributed by atoms with E-state index >= 15 is 0 Å². The van der Waals surface area contributed by atoms with Crippen LogP contribution in [0.15, 0.2) is 53.7 Å². The molecule has 2 heterocycles. The molecule has 0 bridgehead atoms. The monoisotopic (exact) mass is 574 g/mol. The molecule has 0 saturated carbocycles. The number of esters is 1. The van der Waals surface area contributed by atoms with Gasteiger partial charge >= 0.3 is 12.0 Å². The van der Waals surface area contributed by atoms with Gasteiger partial charge in [-0.05, 0) is 43.7 Å². The van der Waals surface area contributed by atoms with Gasteiger partial charge in [-0.25, -0.2) is 9.59 Å². The molecule has 4 rings (SSSR count). The summed E-state index contributed by atoms with van der Waals surface area (Å²) in [5.74, 6) is 0.0317. The summed E-state index contributed by atoms with van der Waals surface area (Å²) < 4.78 is 10.7. The molecular formula is C28H32Cl2N4O5. The lowest BCUT2D eigenvalue weighted by atomic mass is 9.94. The van der Waals surface area contributed by atoms with Crippen LogP contribution >= 0.6 is 23.2 Å². The Labute approximate surface area is 238 Å². The van der Waals surface area contributed by atoms with Crippen LogP contribution in [0.25, 0.3) is 0 Å². The Morgan fingerprint density at radius 1 is 1.05 bits per heavy atom. The summed E-state index contributed by atoms with van der Waals surface area (Å²) >= 11 is 12.8. The predicted octanol–water partition coefficient (Wildman–Crippen LogP) is 4.36. The lowest BCUT2D eigenvalue weighted by molar-refractivity contribution is -0.139. The Morgan fingerprint density at radius 3 is 2.44 bits per heavy atom. The standard InChI is InChI=1S/C28H32Cl2N4O5/c1-4-34-22(17-32-12-14-33(15-13-32)26(35)18-8-6-9-19(16-18)38-3)23(27(36)39-5-2)25(31-28(34)37)20-10-7-11-21(29)24(20)30/h6-11,16,25H,4-5,12-15,17H2,1-3H3,(H,31,37). The van der Waals surface area contributed by atoms with Gasteiger partial charge < -0.3 is 19.7 Å². The molecule has 0 aliphatic carbocycles. The van der Waals surface area contributed by atoms with E-state index in [1.807, 2.05) is 6.92 Å². The molecule has 2 aliphatic rings. The van der Waals surface area contributed by atoms with Gasteiger partial charge in [-0.1, -0.05) is 41.4 Å². The van der Waals surface area contributed by atoms with Crippen LogP contribution in [0.2, 0.25) is 10.0 Å². The van der Waals surface area contributed by atoms with E-state index in [1.54, 1.807) is 66.3 Å². The lowest BCUT2D eigenvalue weighted by Crippen LogP contribution is -2.53. The fourth-order valence-corrected chi connectivity index (χ4v) is 5.31. The van der Waals surface area contributed by atoms with Crippen LogP contribution < -0.4 is 10.1 Å². The zero-order valence-corrected chi connectivity index (χ0v) is 23.7. The third-order valence-electron chi connectivity index (χ3n) is 6.89. The van der Waals surface area contributed by atoms with Crippen LogP contribution in [0.1, 0.15) is 35.8 Å². The van der Waals surface area contributed by atoms with Crippen molar-refractivity contribution in [3.8, 4) is 5.75 Å². The number of ether oxygens (including phenoxy) is 2. The molecular weight excluding hydrogens is 543 g/mol. The Balaban J connectivity index is 1.61. The van der Waals surface area contributed by atoms with Crippen molar-refractivity contribution in [2.75, 3.05) is 53.0 Å². The topological polar surface area (TPSA) is 91.4 Å². The summed E-state index contributed by atoms with van der Waals surface area (Å²) in [6.45, 7) is 6.57. The van der Waals surface area contributed by atoms with Crippen molar-refractivity contribution in [3.63, 3.8) is 0 Å². The largest absolute Gasteiger partial charge is 0.497 e. The Kier molecular flexibility index (Phi) is 9.37. The minimum Gasteiger partial charge on any atom is -0.497 e. The molecule has 2 aromatic rings. The number of urea groups is 1. The number of methoxy groups -OCH3 is 1. The second-order valence-electron chi connectivity index (χ2n) is 9.15. The lowest BCUT2D eigenvalue weighted by Gasteiger charge is -2.40. The smallest absolute Gasteiger partial charge is 0.338 e. The summed E-state index contributed by atoms with van der Waals surface area (Å²) in [4.78, 5) is 45.1. The van der Waals surface area contributed by atoms with Gasteiger partial charge in [-0.3, -0.25) is 14.6 Å². The minimum absolute atomic E-state index is 0.0668. The van der Waals surface area contributed by atoms with Gasteiger partial charge in [0.25, 0.3) is 5.91 Å². The molecule has 208 valence electrons. The molecule has 11 heteroatoms. The van der Waals surface area contributed by atoms with Crippen LogP contribution in [0.3, 0.4) is 0 Å². The molecule has 3 amide bonds. The molecule has 0 radical (unpaired) electrons. The van der Waals surface area contributed by atoms with Gasteiger partial charge in [0.2, 0.25) is 0 Å². The van der Waals surface area contributed by atoms with Crippen LogP contribution in [-0.4, -0.2) is 85.6 Å². The number of likely N-dealkylation sites (N-methyl/N-ethyl adjacent to an activating group) is 1. The predicted molar refractivity (Wildman–Crippen MR) is 149 cm³/mol. The highest BCUT2D eigenvalue weighted by Crippen LogP contribution is 2.38. The van der Waals surface area contributed by atoms with Crippen LogP contribution in [0.4, 0.5) is 4.79 Å². The first-order chi connectivity index (χ1) is 18.8. The Morgan fingerprint density at radius 2 is 1.77 bits per heavy atom. The first-order valence-corrected chi connectivity index (χ1v) is 13.6. The van der Waals surface area contributed by atoms with Crippen LogP contribution in [-0.2, 0) is 9.53 Å². The number of amides is 3. The third kappa shape index (κ3) is 6.16. The maximum absolute atomic E-state index is 13.3. The van der Waals surface area contributed by atoms with E-state index in [-0.39, 0.29) is 23.6 Å². The summed E-state index contributed by atoms with van der Waals surface area (Å²) in [7, 11) is 1.57. The van der Waals surface area contributed by atoms with E-state index < -0.39 is 12.0 Å². The normalized spacial score (nSPS) is 18.2. The zero-order valence-electron chi connectivity index (χ0n) is 22.2. The van der Waals surface area contributed by atoms with E-state index in [0.717, 1.165) is 0 Å². The number of nitrogens with zero attached hydrogens (tertiary/aromatic N) is 3. The van der Waals surface area contributed by atoms with Gasteiger partial charge in [0, 0.05) is 50.5 Å². The third-order valence-corrected chi connectivity index (χ3v) is 7.73. The van der Waals surface area contributed by atoms with Crippen molar-refractivity contribution in [2.24, 2.45) is 0 Å². The van der Waals surface area contributed by atoms with Crippen molar-refractivity contribution in [1.29, 1.82) is 0 Å². The SMILES string of the molecule is CCOC(=O)C1=C(CN2CCN(C(=O)c3cccc(OC)c3)CC2)N(CC)C(=O)NC1c1cccc(Cl)c1Cl. The number of piperazine rings is 1. The summed E-state index contributed by atoms with van der Waals surface area (Å²) in [5, 5.41) is 3.50. The van der Waals surface area contributed by atoms with Gasteiger partial charge in [0.05, 0.1) is 35.4 Å². The van der Waals surface area contributed by atoms with E-state index in [0.29, 0.717) is 72.4 Å². The molecule has 1 fully saturated rings. The molecule has 9 nitrogen and oxygen atoms in total. The first kappa shape index (κ1) is 28.7. The van der Waals surface area contributed by atoms with Crippen LogP contribution in [0, 0.1) is 0 Å². The highest BCUT2D eigenvalue weighted by molar-refractivity contribution is 6.42. The van der Waals surface area contributed by atoms with Gasteiger partial charge in [-0.2, -0.15) is 0 Å². The number of benzene rings is 2. The number of carbonyl (C=O) groups excluding carboxylic acids is 3. The van der Waals surface area contributed by atoms with Gasteiger partial charge in [0.15, 0.2) is 0 Å². The fourth-order valence-electron chi connectivity index (χ4n) is 4.89. The molecule has 0 spiro atoms. The van der Waals surface area contributed by atoms with E-state index in [2.05, 4.69) is 10.2 Å². The molecule has 1 unspecified atom stereocenters. The average Bonchev–Trinajstić information content (AvgIpc) is 2.94. The maximum atomic E-state index is 13.3. The van der Waals surface area contributed by atoms with Crippen molar-refractivity contribution in [1.82, 2.24) is 20.0 Å². The number of carbonyl (C=O) groups is 3. The molecule has 0 aromatic heterocycles.